The number of aromatic hydroxyl groups is 1. The number of halogens is 2. The molecule has 1 nitrogen and oxygen atoms in total. The summed E-state index contributed by atoms with van der Waals surface area (Å²) in [5.74, 6) is 0.921. The molecule has 1 N–H and O–H groups in total. The number of aryl methyl sites for hydroxylation is 1. The van der Waals surface area contributed by atoms with Crippen LogP contribution in [0.5, 0.6) is 5.75 Å². The van der Waals surface area contributed by atoms with Gasteiger partial charge in [-0.1, -0.05) is 53.5 Å². The molecule has 5 heteroatoms. The largest absolute Gasteiger partial charge is 0.508 e. The zero-order valence-electron chi connectivity index (χ0n) is 16.6. The summed E-state index contributed by atoms with van der Waals surface area (Å²) in [6.07, 6.45) is 3.36. The van der Waals surface area contributed by atoms with E-state index < -0.39 is 0 Å². The van der Waals surface area contributed by atoms with Crippen LogP contribution in [0.25, 0.3) is 0 Å². The van der Waals surface area contributed by atoms with Gasteiger partial charge in [0.15, 0.2) is 0 Å². The van der Waals surface area contributed by atoms with Gasteiger partial charge in [0.25, 0.3) is 0 Å². The molecule has 4 radical (unpaired) electrons. The van der Waals surface area contributed by atoms with Crippen molar-refractivity contribution in [1.82, 2.24) is 0 Å². The molecule has 0 saturated heterocycles. The number of hydrogen-bond acceptors (Lipinski definition) is 1. The van der Waals surface area contributed by atoms with Crippen molar-refractivity contribution in [3.05, 3.63) is 52.1 Å². The predicted molar refractivity (Wildman–Crippen MR) is 112 cm³/mol. The molecule has 0 aliphatic heterocycles. The van der Waals surface area contributed by atoms with Gasteiger partial charge >= 0.3 is 0 Å². The van der Waals surface area contributed by atoms with Gasteiger partial charge in [-0.25, -0.2) is 5.57 Å². The van der Waals surface area contributed by atoms with Crippen LogP contribution in [0.4, 0.5) is 0 Å². The molecule has 0 saturated carbocycles. The summed E-state index contributed by atoms with van der Waals surface area (Å²) in [5.41, 5.74) is 6.65. The standard InChI is InChI=1S/C11H16O.C9H13.2ClH.Si.Ti/c1-8-5-9(11(2,3)4)7-10(12)6-8;1-6-5-7(2)9(4)8(6)3;;;;/h5-7,12H,1-4H3;6H,1-4H3;2*1H;;/q;-1;;;;. The number of benzene rings is 1. The average Bonchev–Trinajstić information content (AvgIpc) is 2.55. The smallest absolute Gasteiger partial charge is 0.116 e. The van der Waals surface area contributed by atoms with Crippen molar-refractivity contribution in [3.63, 3.8) is 0 Å². The Morgan fingerprint density at radius 1 is 0.960 bits per heavy atom. The minimum Gasteiger partial charge on any atom is -0.508 e. The maximum atomic E-state index is 9.36. The fraction of sp³-hybridized carbons (Fsp3) is 0.500. The average molecular weight is 434 g/mol. The third kappa shape index (κ3) is 10.1. The third-order valence-corrected chi connectivity index (χ3v) is 4.16. The van der Waals surface area contributed by atoms with Crippen molar-refractivity contribution >= 4 is 35.8 Å². The fourth-order valence-electron chi connectivity index (χ4n) is 2.36. The first-order chi connectivity index (χ1) is 9.52. The van der Waals surface area contributed by atoms with Crippen molar-refractivity contribution in [2.24, 2.45) is 5.92 Å². The summed E-state index contributed by atoms with van der Waals surface area (Å²) < 4.78 is 0. The molecule has 25 heavy (non-hydrogen) atoms. The molecule has 0 bridgehead atoms. The van der Waals surface area contributed by atoms with Gasteiger partial charge in [0.2, 0.25) is 0 Å². The Hall–Kier alpha value is 0.0112. The molecule has 1 aromatic carbocycles. The first-order valence-electron chi connectivity index (χ1n) is 7.61. The Kier molecular flexibility index (Phi) is 17.3. The molecule has 0 amide bonds. The maximum Gasteiger partial charge on any atom is 0.116 e. The summed E-state index contributed by atoms with van der Waals surface area (Å²) in [6, 6.07) is 5.71. The number of rotatable bonds is 0. The Labute approximate surface area is 186 Å². The molecule has 1 aliphatic carbocycles. The van der Waals surface area contributed by atoms with Crippen LogP contribution in [0, 0.1) is 18.9 Å². The van der Waals surface area contributed by atoms with Crippen LogP contribution in [0.2, 0.25) is 0 Å². The molecular formula is C20H31Cl2OSiTi-. The van der Waals surface area contributed by atoms with Crippen molar-refractivity contribution in [2.75, 3.05) is 0 Å². The second-order valence-corrected chi connectivity index (χ2v) is 7.11. The van der Waals surface area contributed by atoms with E-state index in [1.54, 1.807) is 6.07 Å². The SMILES string of the molecule is CC1=[C-]C(C)C(C)=C1C.Cc1cc(O)cc(C(C)(C)C)c1.Cl.Cl.[Si].[Ti]. The van der Waals surface area contributed by atoms with Crippen LogP contribution in [0.15, 0.2) is 34.9 Å². The fourth-order valence-corrected chi connectivity index (χ4v) is 2.36. The molecule has 1 atom stereocenters. The summed E-state index contributed by atoms with van der Waals surface area (Å²) in [4.78, 5) is 0. The molecule has 140 valence electrons. The van der Waals surface area contributed by atoms with Crippen LogP contribution in [0.1, 0.15) is 59.6 Å². The van der Waals surface area contributed by atoms with E-state index in [1.807, 2.05) is 13.0 Å². The minimum atomic E-state index is 0. The van der Waals surface area contributed by atoms with E-state index in [1.165, 1.54) is 22.3 Å². The topological polar surface area (TPSA) is 20.2 Å². The van der Waals surface area contributed by atoms with Crippen LogP contribution in [0.3, 0.4) is 0 Å². The predicted octanol–water partition coefficient (Wildman–Crippen LogP) is 6.18. The zero-order valence-corrected chi connectivity index (χ0v) is 20.8. The van der Waals surface area contributed by atoms with E-state index >= 15 is 0 Å². The van der Waals surface area contributed by atoms with Gasteiger partial charge in [0.1, 0.15) is 5.75 Å². The van der Waals surface area contributed by atoms with E-state index in [-0.39, 0.29) is 62.9 Å². The number of phenols is 1. The third-order valence-electron chi connectivity index (χ3n) is 4.16. The Morgan fingerprint density at radius 3 is 1.68 bits per heavy atom. The second-order valence-electron chi connectivity index (χ2n) is 7.11. The van der Waals surface area contributed by atoms with Crippen LogP contribution in [-0.4, -0.2) is 16.1 Å². The molecule has 2 rings (SSSR count). The van der Waals surface area contributed by atoms with E-state index in [9.17, 15) is 5.11 Å². The quantitative estimate of drug-likeness (QED) is 0.382. The minimum absolute atomic E-state index is 0. The van der Waals surface area contributed by atoms with Gasteiger partial charge in [0.05, 0.1) is 0 Å². The van der Waals surface area contributed by atoms with Crippen molar-refractivity contribution < 1.29 is 26.8 Å². The molecular weight excluding hydrogens is 403 g/mol. The van der Waals surface area contributed by atoms with Crippen molar-refractivity contribution in [1.29, 1.82) is 0 Å². The van der Waals surface area contributed by atoms with Gasteiger partial charge in [-0.3, -0.25) is 6.08 Å². The van der Waals surface area contributed by atoms with Gasteiger partial charge < -0.3 is 5.11 Å². The second kappa shape index (κ2) is 13.2. The van der Waals surface area contributed by atoms with Crippen LogP contribution in [-0.2, 0) is 27.1 Å². The molecule has 0 fully saturated rings. The number of allylic oxidation sites excluding steroid dienone is 4. The first-order valence-corrected chi connectivity index (χ1v) is 7.61. The maximum absolute atomic E-state index is 9.36. The molecule has 0 aromatic heterocycles. The Morgan fingerprint density at radius 2 is 1.44 bits per heavy atom. The molecule has 0 heterocycles. The van der Waals surface area contributed by atoms with E-state index in [2.05, 4.69) is 60.6 Å². The molecule has 1 aromatic rings. The summed E-state index contributed by atoms with van der Waals surface area (Å²) in [5, 5.41) is 9.36. The summed E-state index contributed by atoms with van der Waals surface area (Å²) in [6.45, 7) is 17.1. The van der Waals surface area contributed by atoms with Gasteiger partial charge in [-0.15, -0.1) is 31.7 Å². The van der Waals surface area contributed by atoms with E-state index in [0.717, 1.165) is 5.56 Å². The van der Waals surface area contributed by atoms with Crippen molar-refractivity contribution in [3.8, 4) is 5.75 Å². The van der Waals surface area contributed by atoms with Gasteiger partial charge in [0, 0.05) is 32.7 Å². The van der Waals surface area contributed by atoms with E-state index in [0.29, 0.717) is 11.7 Å². The summed E-state index contributed by atoms with van der Waals surface area (Å²) in [7, 11) is 0. The summed E-state index contributed by atoms with van der Waals surface area (Å²) >= 11 is 0. The molecule has 1 unspecified atom stereocenters. The van der Waals surface area contributed by atoms with Gasteiger partial charge in [-0.2, -0.15) is 11.1 Å². The number of phenolic OH excluding ortho intramolecular Hbond substituents is 1. The molecule has 0 spiro atoms. The Bertz CT molecular complexity index is 570. The zero-order chi connectivity index (χ0) is 16.4. The van der Waals surface area contributed by atoms with Crippen LogP contribution < -0.4 is 0 Å². The first kappa shape index (κ1) is 32.7. The molecule has 1 aliphatic rings. The van der Waals surface area contributed by atoms with Crippen molar-refractivity contribution in [2.45, 2.75) is 60.8 Å². The van der Waals surface area contributed by atoms with Crippen LogP contribution >= 0.6 is 24.8 Å². The normalized spacial score (nSPS) is 15.4. The van der Waals surface area contributed by atoms with E-state index in [4.69, 9.17) is 0 Å². The number of hydrogen-bond donors (Lipinski definition) is 1. The Balaban J connectivity index is -0.000000156. The van der Waals surface area contributed by atoms with Gasteiger partial charge in [-0.05, 0) is 35.6 Å². The monoisotopic (exact) mass is 433 g/mol.